The standard InChI is InChI=1S/C18H16BrClN2O3/c1-25-14-5-3-13(4-6-14)22-10-11(8-17(22)23)18(24)21-12-2-7-15(19)16(20)9-12/h2-7,9,11H,8,10H2,1H3,(H,21,24). The number of methoxy groups -OCH3 is 1. The Balaban J connectivity index is 1.68. The van der Waals surface area contributed by atoms with Gasteiger partial charge < -0.3 is 15.0 Å². The molecule has 7 heteroatoms. The lowest BCUT2D eigenvalue weighted by Gasteiger charge is -2.17. The van der Waals surface area contributed by atoms with Crippen LogP contribution in [0.1, 0.15) is 6.42 Å². The number of rotatable bonds is 4. The van der Waals surface area contributed by atoms with E-state index in [1.807, 2.05) is 12.1 Å². The van der Waals surface area contributed by atoms with Gasteiger partial charge in [0.1, 0.15) is 5.75 Å². The Bertz CT molecular complexity index is 810. The number of carbonyl (C=O) groups excluding carboxylic acids is 2. The Labute approximate surface area is 159 Å². The number of hydrogen-bond donors (Lipinski definition) is 1. The van der Waals surface area contributed by atoms with E-state index in [0.29, 0.717) is 17.3 Å². The monoisotopic (exact) mass is 422 g/mol. The van der Waals surface area contributed by atoms with Crippen LogP contribution in [-0.4, -0.2) is 25.5 Å². The molecule has 1 N–H and O–H groups in total. The van der Waals surface area contributed by atoms with Crippen molar-refractivity contribution < 1.29 is 14.3 Å². The Kier molecular flexibility index (Phi) is 5.30. The minimum atomic E-state index is -0.406. The molecule has 2 aromatic carbocycles. The lowest BCUT2D eigenvalue weighted by atomic mass is 10.1. The predicted molar refractivity (Wildman–Crippen MR) is 101 cm³/mol. The molecule has 0 aromatic heterocycles. The van der Waals surface area contributed by atoms with E-state index in [-0.39, 0.29) is 18.2 Å². The van der Waals surface area contributed by atoms with Crippen LogP contribution in [0.5, 0.6) is 5.75 Å². The quantitative estimate of drug-likeness (QED) is 0.805. The fourth-order valence-corrected chi connectivity index (χ4v) is 3.14. The minimum absolute atomic E-state index is 0.0702. The van der Waals surface area contributed by atoms with E-state index in [2.05, 4.69) is 21.2 Å². The molecule has 2 amide bonds. The lowest BCUT2D eigenvalue weighted by molar-refractivity contribution is -0.122. The highest BCUT2D eigenvalue weighted by Gasteiger charge is 2.35. The van der Waals surface area contributed by atoms with Crippen LogP contribution in [0.2, 0.25) is 5.02 Å². The molecule has 5 nitrogen and oxygen atoms in total. The van der Waals surface area contributed by atoms with Crippen molar-refractivity contribution in [2.24, 2.45) is 5.92 Å². The number of anilines is 2. The molecule has 25 heavy (non-hydrogen) atoms. The molecule has 0 bridgehead atoms. The topological polar surface area (TPSA) is 58.6 Å². The van der Waals surface area contributed by atoms with Gasteiger partial charge in [-0.3, -0.25) is 9.59 Å². The van der Waals surface area contributed by atoms with E-state index in [1.165, 1.54) is 0 Å². The third-order valence-corrected chi connectivity index (χ3v) is 5.30. The first kappa shape index (κ1) is 17.8. The third-order valence-electron chi connectivity index (χ3n) is 4.07. The minimum Gasteiger partial charge on any atom is -0.497 e. The Morgan fingerprint density at radius 3 is 2.64 bits per heavy atom. The number of ether oxygens (including phenoxy) is 1. The van der Waals surface area contributed by atoms with Gasteiger partial charge in [0.05, 0.1) is 18.1 Å². The maximum Gasteiger partial charge on any atom is 0.229 e. The molecule has 1 aliphatic heterocycles. The summed E-state index contributed by atoms with van der Waals surface area (Å²) in [5, 5.41) is 3.33. The maximum absolute atomic E-state index is 12.5. The average Bonchev–Trinajstić information content (AvgIpc) is 3.00. The summed E-state index contributed by atoms with van der Waals surface area (Å²) in [6, 6.07) is 12.4. The van der Waals surface area contributed by atoms with Gasteiger partial charge >= 0.3 is 0 Å². The molecule has 1 heterocycles. The second-order valence-electron chi connectivity index (χ2n) is 5.72. The van der Waals surface area contributed by atoms with Crippen LogP contribution >= 0.6 is 27.5 Å². The van der Waals surface area contributed by atoms with Crippen molar-refractivity contribution >= 4 is 50.7 Å². The zero-order valence-corrected chi connectivity index (χ0v) is 15.8. The molecule has 1 atom stereocenters. The summed E-state index contributed by atoms with van der Waals surface area (Å²) in [6.07, 6.45) is 0.183. The normalized spacial score (nSPS) is 16.8. The van der Waals surface area contributed by atoms with Gasteiger partial charge in [0, 0.05) is 28.8 Å². The second-order valence-corrected chi connectivity index (χ2v) is 6.98. The van der Waals surface area contributed by atoms with Crippen molar-refractivity contribution in [3.63, 3.8) is 0 Å². The molecule has 2 aromatic rings. The number of benzene rings is 2. The van der Waals surface area contributed by atoms with Crippen molar-refractivity contribution in [1.82, 2.24) is 0 Å². The van der Waals surface area contributed by atoms with Crippen molar-refractivity contribution in [1.29, 1.82) is 0 Å². The summed E-state index contributed by atoms with van der Waals surface area (Å²) in [7, 11) is 1.59. The van der Waals surface area contributed by atoms with E-state index in [0.717, 1.165) is 15.9 Å². The Hall–Kier alpha value is -2.05. The molecule has 1 fully saturated rings. The van der Waals surface area contributed by atoms with Gasteiger partial charge in [0.2, 0.25) is 11.8 Å². The number of amides is 2. The summed E-state index contributed by atoms with van der Waals surface area (Å²) in [4.78, 5) is 26.4. The number of nitrogens with zero attached hydrogens (tertiary/aromatic N) is 1. The van der Waals surface area contributed by atoms with Gasteiger partial charge in [-0.25, -0.2) is 0 Å². The van der Waals surface area contributed by atoms with Crippen LogP contribution in [0, 0.1) is 5.92 Å². The summed E-state index contributed by atoms with van der Waals surface area (Å²) >= 11 is 9.35. The zero-order valence-electron chi connectivity index (χ0n) is 13.5. The van der Waals surface area contributed by atoms with Crippen LogP contribution in [0.4, 0.5) is 11.4 Å². The highest BCUT2D eigenvalue weighted by Crippen LogP contribution is 2.29. The molecule has 0 radical (unpaired) electrons. The van der Waals surface area contributed by atoms with Gasteiger partial charge in [0.15, 0.2) is 0 Å². The van der Waals surface area contributed by atoms with E-state index in [9.17, 15) is 9.59 Å². The summed E-state index contributed by atoms with van der Waals surface area (Å²) in [6.45, 7) is 0.348. The van der Waals surface area contributed by atoms with Gasteiger partial charge in [-0.15, -0.1) is 0 Å². The van der Waals surface area contributed by atoms with Gasteiger partial charge in [0.25, 0.3) is 0 Å². The molecule has 0 spiro atoms. The summed E-state index contributed by atoms with van der Waals surface area (Å²) in [5.74, 6) is 0.0516. The highest BCUT2D eigenvalue weighted by atomic mass is 79.9. The largest absolute Gasteiger partial charge is 0.497 e. The molecule has 3 rings (SSSR count). The molecule has 0 saturated carbocycles. The highest BCUT2D eigenvalue weighted by molar-refractivity contribution is 9.10. The van der Waals surface area contributed by atoms with Crippen LogP contribution in [0.3, 0.4) is 0 Å². The van der Waals surface area contributed by atoms with Gasteiger partial charge in [-0.1, -0.05) is 11.6 Å². The number of halogens is 2. The predicted octanol–water partition coefficient (Wildman–Crippen LogP) is 4.10. The van der Waals surface area contributed by atoms with Crippen molar-refractivity contribution in [2.45, 2.75) is 6.42 Å². The first-order chi connectivity index (χ1) is 12.0. The lowest BCUT2D eigenvalue weighted by Crippen LogP contribution is -2.28. The number of nitrogens with one attached hydrogen (secondary N) is 1. The third kappa shape index (κ3) is 3.96. The first-order valence-electron chi connectivity index (χ1n) is 7.68. The smallest absolute Gasteiger partial charge is 0.229 e. The van der Waals surface area contributed by atoms with Crippen LogP contribution in [0.25, 0.3) is 0 Å². The first-order valence-corrected chi connectivity index (χ1v) is 8.85. The van der Waals surface area contributed by atoms with Crippen LogP contribution < -0.4 is 15.0 Å². The molecular weight excluding hydrogens is 408 g/mol. The molecule has 1 saturated heterocycles. The second kappa shape index (κ2) is 7.45. The fraction of sp³-hybridized carbons (Fsp3) is 0.222. The zero-order chi connectivity index (χ0) is 18.0. The van der Waals surface area contributed by atoms with Crippen molar-refractivity contribution in [3.05, 3.63) is 52.0 Å². The maximum atomic E-state index is 12.5. The average molecular weight is 424 g/mol. The SMILES string of the molecule is COc1ccc(N2CC(C(=O)Nc3ccc(Br)c(Cl)c3)CC2=O)cc1. The molecule has 1 unspecified atom stereocenters. The van der Waals surface area contributed by atoms with Crippen LogP contribution in [-0.2, 0) is 9.59 Å². The Morgan fingerprint density at radius 2 is 2.00 bits per heavy atom. The van der Waals surface area contributed by atoms with E-state index in [4.69, 9.17) is 16.3 Å². The van der Waals surface area contributed by atoms with Crippen molar-refractivity contribution in [2.75, 3.05) is 23.9 Å². The molecule has 130 valence electrons. The summed E-state index contributed by atoms with van der Waals surface area (Å²) < 4.78 is 5.88. The van der Waals surface area contributed by atoms with Crippen LogP contribution in [0.15, 0.2) is 46.9 Å². The molecule has 0 aliphatic carbocycles. The van der Waals surface area contributed by atoms with E-state index in [1.54, 1.807) is 42.3 Å². The van der Waals surface area contributed by atoms with E-state index < -0.39 is 5.92 Å². The molecular formula is C18H16BrClN2O3. The van der Waals surface area contributed by atoms with Gasteiger partial charge in [-0.05, 0) is 58.4 Å². The van der Waals surface area contributed by atoms with Crippen molar-refractivity contribution in [3.8, 4) is 5.75 Å². The number of carbonyl (C=O) groups is 2. The number of hydrogen-bond acceptors (Lipinski definition) is 3. The molecule has 1 aliphatic rings. The summed E-state index contributed by atoms with van der Waals surface area (Å²) in [5.41, 5.74) is 1.36. The van der Waals surface area contributed by atoms with Gasteiger partial charge in [-0.2, -0.15) is 0 Å². The van der Waals surface area contributed by atoms with E-state index >= 15 is 0 Å². The Morgan fingerprint density at radius 1 is 1.28 bits per heavy atom. The fourth-order valence-electron chi connectivity index (χ4n) is 2.71.